The Balaban J connectivity index is 1.77. The van der Waals surface area contributed by atoms with Gasteiger partial charge in [0, 0.05) is 23.4 Å². The molecule has 0 radical (unpaired) electrons. The number of aromatic nitrogens is 3. The SMILES string of the molecule is CCCCSc1nc2n(n1)C(c1cccc(OC)c1)C1=C(CCCC1=O)N2. The lowest BCUT2D eigenvalue weighted by atomic mass is 9.85. The van der Waals surface area contributed by atoms with E-state index < -0.39 is 0 Å². The van der Waals surface area contributed by atoms with Gasteiger partial charge in [-0.25, -0.2) is 4.68 Å². The lowest BCUT2D eigenvalue weighted by Gasteiger charge is -2.32. The Kier molecular flexibility index (Phi) is 5.20. The van der Waals surface area contributed by atoms with Crippen LogP contribution in [0.5, 0.6) is 5.75 Å². The molecule has 142 valence electrons. The standard InChI is InChI=1S/C20H24N4O2S/c1-3-4-11-27-20-22-19-21-15-9-6-10-16(25)17(15)18(24(19)23-20)13-7-5-8-14(12-13)26-2/h5,7-8,12,18H,3-4,6,9-11H2,1-2H3,(H,21,22,23). The van der Waals surface area contributed by atoms with E-state index >= 15 is 0 Å². The van der Waals surface area contributed by atoms with E-state index in [1.807, 2.05) is 28.9 Å². The van der Waals surface area contributed by atoms with Crippen molar-refractivity contribution >= 4 is 23.5 Å². The highest BCUT2D eigenvalue weighted by Gasteiger charge is 2.36. The maximum atomic E-state index is 12.8. The summed E-state index contributed by atoms with van der Waals surface area (Å²) in [4.78, 5) is 17.5. The number of nitrogens with one attached hydrogen (secondary N) is 1. The first-order valence-corrected chi connectivity index (χ1v) is 10.5. The monoisotopic (exact) mass is 384 g/mol. The molecule has 1 aromatic carbocycles. The van der Waals surface area contributed by atoms with Crippen molar-refractivity contribution in [2.75, 3.05) is 18.2 Å². The molecule has 0 saturated heterocycles. The zero-order chi connectivity index (χ0) is 18.8. The number of anilines is 1. The number of ketones is 1. The third-order valence-corrected chi connectivity index (χ3v) is 5.91. The van der Waals surface area contributed by atoms with Gasteiger partial charge in [-0.1, -0.05) is 37.2 Å². The van der Waals surface area contributed by atoms with E-state index in [0.717, 1.165) is 65.1 Å². The summed E-state index contributed by atoms with van der Waals surface area (Å²) in [5.74, 6) is 2.68. The Hall–Kier alpha value is -2.28. The average Bonchev–Trinajstić information content (AvgIpc) is 3.09. The molecule has 0 amide bonds. The number of unbranched alkanes of at least 4 members (excludes halogenated alkanes) is 1. The van der Waals surface area contributed by atoms with Crippen LogP contribution in [-0.2, 0) is 4.79 Å². The largest absolute Gasteiger partial charge is 0.497 e. The predicted octanol–water partition coefficient (Wildman–Crippen LogP) is 4.20. The molecule has 27 heavy (non-hydrogen) atoms. The van der Waals surface area contributed by atoms with Crippen molar-refractivity contribution in [3.63, 3.8) is 0 Å². The Morgan fingerprint density at radius 2 is 2.26 bits per heavy atom. The molecule has 1 aliphatic heterocycles. The highest BCUT2D eigenvalue weighted by Crippen LogP contribution is 2.41. The van der Waals surface area contributed by atoms with Crippen molar-refractivity contribution in [3.05, 3.63) is 41.1 Å². The normalized spacial score (nSPS) is 18.7. The highest BCUT2D eigenvalue weighted by atomic mass is 32.2. The van der Waals surface area contributed by atoms with Crippen LogP contribution in [0, 0.1) is 0 Å². The smallest absolute Gasteiger partial charge is 0.227 e. The molecule has 1 aromatic heterocycles. The van der Waals surface area contributed by atoms with Crippen LogP contribution in [0.4, 0.5) is 5.95 Å². The van der Waals surface area contributed by atoms with Crippen LogP contribution in [0.2, 0.25) is 0 Å². The quantitative estimate of drug-likeness (QED) is 0.595. The summed E-state index contributed by atoms with van der Waals surface area (Å²) in [6.45, 7) is 2.18. The van der Waals surface area contributed by atoms with E-state index in [9.17, 15) is 4.79 Å². The molecule has 2 aliphatic rings. The van der Waals surface area contributed by atoms with E-state index in [4.69, 9.17) is 9.84 Å². The number of rotatable bonds is 6. The molecule has 0 saturated carbocycles. The molecule has 1 unspecified atom stereocenters. The summed E-state index contributed by atoms with van der Waals surface area (Å²) in [5, 5.41) is 8.87. The lowest BCUT2D eigenvalue weighted by Crippen LogP contribution is -2.31. The molecule has 0 fully saturated rings. The molecule has 7 heteroatoms. The van der Waals surface area contributed by atoms with Crippen LogP contribution in [0.3, 0.4) is 0 Å². The third kappa shape index (κ3) is 3.48. The highest BCUT2D eigenvalue weighted by molar-refractivity contribution is 7.99. The predicted molar refractivity (Wildman–Crippen MR) is 106 cm³/mol. The zero-order valence-corrected chi connectivity index (χ0v) is 16.5. The Morgan fingerprint density at radius 3 is 3.07 bits per heavy atom. The summed E-state index contributed by atoms with van der Waals surface area (Å²) in [6.07, 6.45) is 4.61. The number of nitrogens with zero attached hydrogens (tertiary/aromatic N) is 3. The summed E-state index contributed by atoms with van der Waals surface area (Å²) in [6, 6.07) is 7.62. The van der Waals surface area contributed by atoms with Gasteiger partial charge in [0.05, 0.1) is 7.11 Å². The van der Waals surface area contributed by atoms with Crippen LogP contribution >= 0.6 is 11.8 Å². The minimum atomic E-state index is -0.257. The second-order valence-electron chi connectivity index (χ2n) is 6.84. The Morgan fingerprint density at radius 1 is 1.37 bits per heavy atom. The molecule has 2 aromatic rings. The molecular formula is C20H24N4O2S. The van der Waals surface area contributed by atoms with Gasteiger partial charge in [-0.15, -0.1) is 5.10 Å². The number of hydrogen-bond donors (Lipinski definition) is 1. The fourth-order valence-corrected chi connectivity index (χ4v) is 4.54. The topological polar surface area (TPSA) is 69.0 Å². The van der Waals surface area contributed by atoms with Crippen molar-refractivity contribution < 1.29 is 9.53 Å². The third-order valence-electron chi connectivity index (χ3n) is 4.99. The molecule has 4 rings (SSSR count). The second kappa shape index (κ2) is 7.76. The first-order chi connectivity index (χ1) is 13.2. The van der Waals surface area contributed by atoms with Gasteiger partial charge in [0.25, 0.3) is 0 Å². The van der Waals surface area contributed by atoms with Crippen molar-refractivity contribution in [2.45, 2.75) is 50.2 Å². The van der Waals surface area contributed by atoms with E-state index in [2.05, 4.69) is 17.2 Å². The molecule has 0 spiro atoms. The summed E-state index contributed by atoms with van der Waals surface area (Å²) < 4.78 is 7.27. The molecule has 1 aliphatic carbocycles. The van der Waals surface area contributed by atoms with Crippen LogP contribution < -0.4 is 10.1 Å². The molecule has 0 bridgehead atoms. The van der Waals surface area contributed by atoms with Crippen molar-refractivity contribution in [2.24, 2.45) is 0 Å². The van der Waals surface area contributed by atoms with Crippen molar-refractivity contribution in [1.82, 2.24) is 14.8 Å². The second-order valence-corrected chi connectivity index (χ2v) is 7.90. The van der Waals surface area contributed by atoms with E-state index in [0.29, 0.717) is 6.42 Å². The summed E-state index contributed by atoms with van der Waals surface area (Å²) in [5.41, 5.74) is 2.80. The van der Waals surface area contributed by atoms with Gasteiger partial charge in [0.2, 0.25) is 11.1 Å². The number of methoxy groups -OCH3 is 1. The van der Waals surface area contributed by atoms with Gasteiger partial charge in [-0.2, -0.15) is 4.98 Å². The fourth-order valence-electron chi connectivity index (χ4n) is 3.63. The van der Waals surface area contributed by atoms with Crippen LogP contribution in [0.25, 0.3) is 0 Å². The number of allylic oxidation sites excluding steroid dienone is 2. The lowest BCUT2D eigenvalue weighted by molar-refractivity contribution is -0.116. The number of thioether (sulfide) groups is 1. The number of hydrogen-bond acceptors (Lipinski definition) is 6. The minimum Gasteiger partial charge on any atom is -0.497 e. The van der Waals surface area contributed by atoms with Gasteiger partial charge >= 0.3 is 0 Å². The minimum absolute atomic E-state index is 0.193. The van der Waals surface area contributed by atoms with Gasteiger partial charge in [0.1, 0.15) is 11.8 Å². The zero-order valence-electron chi connectivity index (χ0n) is 15.7. The maximum Gasteiger partial charge on any atom is 0.227 e. The van der Waals surface area contributed by atoms with Crippen molar-refractivity contribution in [3.8, 4) is 5.75 Å². The van der Waals surface area contributed by atoms with Crippen molar-refractivity contribution in [1.29, 1.82) is 0 Å². The van der Waals surface area contributed by atoms with Gasteiger partial charge in [-0.05, 0) is 37.0 Å². The summed E-state index contributed by atoms with van der Waals surface area (Å²) in [7, 11) is 1.65. The molecular weight excluding hydrogens is 360 g/mol. The maximum absolute atomic E-state index is 12.8. The van der Waals surface area contributed by atoms with Crippen LogP contribution in [0.1, 0.15) is 50.6 Å². The molecule has 1 N–H and O–H groups in total. The molecule has 6 nitrogen and oxygen atoms in total. The van der Waals surface area contributed by atoms with E-state index in [1.54, 1.807) is 18.9 Å². The Labute approximate surface area is 163 Å². The van der Waals surface area contributed by atoms with E-state index in [1.165, 1.54) is 0 Å². The number of Topliss-reactive ketones (excluding diaryl/α,β-unsaturated/α-hetero) is 1. The molecule has 1 atom stereocenters. The first kappa shape index (κ1) is 18.1. The summed E-state index contributed by atoms with van der Waals surface area (Å²) >= 11 is 1.67. The Bertz CT molecular complexity index is 890. The molecule has 2 heterocycles. The number of benzene rings is 1. The van der Waals surface area contributed by atoms with Gasteiger partial charge < -0.3 is 10.1 Å². The average molecular weight is 385 g/mol. The van der Waals surface area contributed by atoms with Crippen LogP contribution in [-0.4, -0.2) is 33.4 Å². The number of carbonyl (C=O) groups is 1. The van der Waals surface area contributed by atoms with Gasteiger partial charge in [-0.3, -0.25) is 4.79 Å². The van der Waals surface area contributed by atoms with Gasteiger partial charge in [0.15, 0.2) is 5.78 Å². The first-order valence-electron chi connectivity index (χ1n) is 9.47. The number of fused-ring (bicyclic) bond motifs is 1. The van der Waals surface area contributed by atoms with E-state index in [-0.39, 0.29) is 11.8 Å². The fraction of sp³-hybridized carbons (Fsp3) is 0.450. The number of ether oxygens (including phenoxy) is 1. The van der Waals surface area contributed by atoms with Crippen LogP contribution in [0.15, 0.2) is 40.7 Å². The number of carbonyl (C=O) groups excluding carboxylic acids is 1.